The summed E-state index contributed by atoms with van der Waals surface area (Å²) in [5.74, 6) is -4.89. The highest BCUT2D eigenvalue weighted by Gasteiger charge is 2.33. The molecule has 3 heterocycles. The molecule has 1 amide bonds. The number of aromatic amines is 1. The number of H-pyrrole nitrogens is 1. The van der Waals surface area contributed by atoms with Crippen LogP contribution >= 0.6 is 0 Å². The van der Waals surface area contributed by atoms with Crippen LogP contribution in [0.15, 0.2) is 12.3 Å². The van der Waals surface area contributed by atoms with E-state index in [1.165, 1.54) is 6.92 Å². The van der Waals surface area contributed by atoms with E-state index in [9.17, 15) is 4.79 Å². The molecule has 3 rings (SSSR count). The minimum Gasteiger partial charge on any atom is -0.354 e. The van der Waals surface area contributed by atoms with Crippen molar-refractivity contribution < 1.29 is 22.6 Å². The molecule has 1 saturated heterocycles. The SMILES string of the molecule is [2H]c1nc(N(C)[C@@H]2[C@H](C([2H])([2H])[2H])C([2H])([2H])C([2H])([2H])N(C(=O)C([2H])([2H])[N+]#[C-])C2([2H])[2H])c2c([2H])c(C)[nH]c2n1. The molecule has 1 aliphatic rings. The van der Waals surface area contributed by atoms with Gasteiger partial charge in [0.1, 0.15) is 21.9 Å². The van der Waals surface area contributed by atoms with Crippen LogP contribution in [0.25, 0.3) is 15.9 Å². The maximum absolute atomic E-state index is 13.0. The van der Waals surface area contributed by atoms with E-state index in [0.29, 0.717) is 0 Å². The Morgan fingerprint density at radius 2 is 2.58 bits per heavy atom. The summed E-state index contributed by atoms with van der Waals surface area (Å²) >= 11 is 0. The van der Waals surface area contributed by atoms with E-state index in [1.807, 2.05) is 0 Å². The van der Waals surface area contributed by atoms with E-state index in [0.717, 1.165) is 11.9 Å². The number of nitrogens with one attached hydrogen (secondary N) is 1. The van der Waals surface area contributed by atoms with Gasteiger partial charge in [0.2, 0.25) is 0 Å². The van der Waals surface area contributed by atoms with Crippen LogP contribution in [-0.2, 0) is 4.79 Å². The fraction of sp³-hybridized carbons (Fsp3) is 0.529. The first kappa shape index (κ1) is 6.71. The second-order valence-electron chi connectivity index (χ2n) is 5.03. The first-order valence-electron chi connectivity index (χ1n) is 13.3. The predicted octanol–water partition coefficient (Wildman–Crippen LogP) is 1.86. The second kappa shape index (κ2) is 6.48. The van der Waals surface area contributed by atoms with Crippen molar-refractivity contribution in [3.63, 3.8) is 0 Å². The summed E-state index contributed by atoms with van der Waals surface area (Å²) in [6.07, 6.45) is -4.14. The average molecular weight is 339 g/mol. The number of rotatable bonds is 3. The molecule has 0 saturated carbocycles. The number of hydrogen-bond acceptors (Lipinski definition) is 4. The van der Waals surface area contributed by atoms with Crippen LogP contribution in [0.1, 0.15) is 36.7 Å². The minimum absolute atomic E-state index is 0.0261. The van der Waals surface area contributed by atoms with E-state index >= 15 is 0 Å². The molecule has 0 aromatic carbocycles. The first-order valence-corrected chi connectivity index (χ1v) is 6.84. The molecule has 126 valence electrons. The van der Waals surface area contributed by atoms with E-state index in [4.69, 9.17) is 24.4 Å². The maximum Gasteiger partial charge on any atom is 0.302 e. The van der Waals surface area contributed by atoms with E-state index in [2.05, 4.69) is 19.8 Å². The third kappa shape index (κ3) is 2.92. The predicted molar refractivity (Wildman–Crippen MR) is 92.6 cm³/mol. The van der Waals surface area contributed by atoms with Crippen molar-refractivity contribution in [1.82, 2.24) is 19.9 Å². The van der Waals surface area contributed by atoms with Crippen molar-refractivity contribution in [2.45, 2.75) is 26.2 Å². The molecule has 7 heteroatoms. The van der Waals surface area contributed by atoms with Gasteiger partial charge in [0, 0.05) is 35.3 Å². The third-order valence-corrected chi connectivity index (χ3v) is 3.41. The van der Waals surface area contributed by atoms with Crippen molar-refractivity contribution in [3.8, 4) is 0 Å². The minimum atomic E-state index is -3.73. The molecule has 0 radical (unpaired) electrons. The summed E-state index contributed by atoms with van der Waals surface area (Å²) < 4.78 is 107. The van der Waals surface area contributed by atoms with Gasteiger partial charge >= 0.3 is 5.91 Å². The summed E-state index contributed by atoms with van der Waals surface area (Å²) in [5, 5.41) is -0.0698. The summed E-state index contributed by atoms with van der Waals surface area (Å²) in [6.45, 7) is -5.59. The van der Waals surface area contributed by atoms with Gasteiger partial charge in [0.05, 0.1) is 15.5 Å². The number of amides is 1. The van der Waals surface area contributed by atoms with Crippen LogP contribution in [0.2, 0.25) is 0 Å². The van der Waals surface area contributed by atoms with Crippen LogP contribution in [0.4, 0.5) is 5.82 Å². The van der Waals surface area contributed by atoms with Crippen LogP contribution in [0.5, 0.6) is 0 Å². The number of carbonyl (C=O) groups is 1. The lowest BCUT2D eigenvalue weighted by Gasteiger charge is -2.41. The Kier molecular flexibility index (Phi) is 1.81. The quantitative estimate of drug-likeness (QED) is 0.867. The molecule has 2 aromatic rings. The van der Waals surface area contributed by atoms with Gasteiger partial charge in [-0.2, -0.15) is 0 Å². The zero-order valence-electron chi connectivity index (χ0n) is 25.8. The lowest BCUT2D eigenvalue weighted by Crippen LogP contribution is -2.53. The number of likely N-dealkylation sites (tertiary alicyclic amines) is 1. The molecule has 0 unspecified atom stereocenters. The normalized spacial score (nSPS) is 36.2. The van der Waals surface area contributed by atoms with Gasteiger partial charge in [-0.25, -0.2) is 16.5 Å². The van der Waals surface area contributed by atoms with Crippen molar-refractivity contribution in [2.75, 3.05) is 31.4 Å². The Morgan fingerprint density at radius 1 is 1.75 bits per heavy atom. The zero-order chi connectivity index (χ0) is 28.7. The molecule has 0 spiro atoms. The van der Waals surface area contributed by atoms with Crippen LogP contribution in [-0.4, -0.2) is 58.3 Å². The summed E-state index contributed by atoms with van der Waals surface area (Å²) in [7, 11) is 1.08. The molecule has 2 aromatic heterocycles. The Hall–Kier alpha value is -2.62. The molecular formula is C17H22N6O. The van der Waals surface area contributed by atoms with Crippen molar-refractivity contribution in [3.05, 3.63) is 29.5 Å². The highest BCUT2D eigenvalue weighted by molar-refractivity contribution is 5.88. The number of fused-ring (bicyclic) bond motifs is 1. The number of piperidine rings is 1. The Labute approximate surface area is 159 Å². The topological polar surface area (TPSA) is 69.5 Å². The van der Waals surface area contributed by atoms with Gasteiger partial charge in [-0.15, -0.1) is 0 Å². The van der Waals surface area contributed by atoms with Crippen LogP contribution in [0, 0.1) is 19.4 Å². The van der Waals surface area contributed by atoms with E-state index < -0.39 is 61.8 Å². The van der Waals surface area contributed by atoms with Gasteiger partial charge in [-0.1, -0.05) is 6.85 Å². The fourth-order valence-corrected chi connectivity index (χ4v) is 2.30. The number of anilines is 1. The van der Waals surface area contributed by atoms with Crippen LogP contribution < -0.4 is 4.90 Å². The Morgan fingerprint density at radius 3 is 3.33 bits per heavy atom. The van der Waals surface area contributed by atoms with Crippen molar-refractivity contribution >= 4 is 22.8 Å². The highest BCUT2D eigenvalue weighted by Crippen LogP contribution is 2.29. The van der Waals surface area contributed by atoms with E-state index in [-0.39, 0.29) is 28.6 Å². The third-order valence-electron chi connectivity index (χ3n) is 3.41. The zero-order valence-corrected chi connectivity index (χ0v) is 12.8. The largest absolute Gasteiger partial charge is 0.354 e. The van der Waals surface area contributed by atoms with Gasteiger partial charge in [0.15, 0.2) is 0 Å². The fourth-order valence-electron chi connectivity index (χ4n) is 2.30. The van der Waals surface area contributed by atoms with Gasteiger partial charge in [-0.05, 0) is 25.3 Å². The molecule has 1 aliphatic heterocycles. The number of nitrogens with zero attached hydrogens (tertiary/aromatic N) is 5. The van der Waals surface area contributed by atoms with Crippen molar-refractivity contribution in [1.29, 1.82) is 0 Å². The Bertz CT molecular complexity index is 1300. The molecule has 2 atom stereocenters. The maximum atomic E-state index is 13.0. The smallest absolute Gasteiger partial charge is 0.302 e. The molecule has 1 N–H and O–H groups in total. The molecule has 1 fully saturated rings. The standard InChI is InChI=1S/C17H22N6O/c1-11-5-6-23(15(24)8-18-3)9-14(11)22(4)17-13-7-12(2)21-16(13)19-10-20-17/h7,10-11,14H,5-6,8-9H2,1-2,4H3,(H,19,20,21)/t11-,14+/m1/s1/i1D3,5D2,6D2,7D,8D2,9D2,10D. The van der Waals surface area contributed by atoms with Crippen LogP contribution in [0.3, 0.4) is 0 Å². The second-order valence-corrected chi connectivity index (χ2v) is 5.03. The average Bonchev–Trinajstić information content (AvgIpc) is 3.01. The highest BCUT2D eigenvalue weighted by atomic mass is 16.2. The first-order chi connectivity index (χ1) is 16.5. The van der Waals surface area contributed by atoms with Crippen molar-refractivity contribution in [2.24, 2.45) is 5.92 Å². The number of likely N-dealkylation sites (N-methyl/N-ethyl adjacent to an activating group) is 1. The number of aryl methyl sites for hydroxylation is 1. The molecule has 24 heavy (non-hydrogen) atoms. The number of aromatic nitrogens is 3. The summed E-state index contributed by atoms with van der Waals surface area (Å²) in [6, 6.07) is -2.45. The molecular weight excluding hydrogens is 304 g/mol. The lowest BCUT2D eigenvalue weighted by molar-refractivity contribution is -0.130. The summed E-state index contributed by atoms with van der Waals surface area (Å²) in [4.78, 5) is 26.4. The van der Waals surface area contributed by atoms with E-state index in [1.54, 1.807) is 0 Å². The van der Waals surface area contributed by atoms with Gasteiger partial charge in [-0.3, -0.25) is 4.79 Å². The summed E-state index contributed by atoms with van der Waals surface area (Å²) in [5.41, 5.74) is 0.249. The number of hydrogen-bond donors (Lipinski definition) is 1. The Balaban J connectivity index is 2.41. The lowest BCUT2D eigenvalue weighted by atomic mass is 9.92. The van der Waals surface area contributed by atoms with Gasteiger partial charge in [0.25, 0.3) is 6.50 Å². The molecule has 0 aliphatic carbocycles. The molecule has 0 bridgehead atoms. The monoisotopic (exact) mass is 339 g/mol. The molecule has 7 nitrogen and oxygen atoms in total. The number of carbonyl (C=O) groups excluding carboxylic acids is 1. The van der Waals surface area contributed by atoms with Gasteiger partial charge < -0.3 is 19.6 Å².